The highest BCUT2D eigenvalue weighted by atomic mass is 16.1. The predicted molar refractivity (Wildman–Crippen MR) is 121 cm³/mol. The number of aromatic nitrogens is 5. The minimum atomic E-state index is -0.212. The van der Waals surface area contributed by atoms with Crippen molar-refractivity contribution in [1.29, 1.82) is 0 Å². The second kappa shape index (κ2) is 8.78. The molecular weight excluding hydrogens is 392 g/mol. The van der Waals surface area contributed by atoms with Crippen LogP contribution in [-0.2, 0) is 6.54 Å². The Morgan fingerprint density at radius 2 is 2.00 bits per heavy atom. The fourth-order valence-electron chi connectivity index (χ4n) is 3.15. The van der Waals surface area contributed by atoms with Gasteiger partial charge in [-0.15, -0.1) is 0 Å². The Morgan fingerprint density at radius 3 is 2.74 bits per heavy atom. The summed E-state index contributed by atoms with van der Waals surface area (Å²) in [5, 5.41) is 13.6. The molecule has 0 saturated heterocycles. The molecule has 31 heavy (non-hydrogen) atoms. The summed E-state index contributed by atoms with van der Waals surface area (Å²) in [5.41, 5.74) is 3.57. The van der Waals surface area contributed by atoms with Gasteiger partial charge in [-0.05, 0) is 43.7 Å². The SMILES string of the molecule is CCn1cc2ncc(N[C@@H](C)c3cccc(NC(=O)c4ccc(NC)nc4)c3)nc2n1. The molecule has 1 aromatic carbocycles. The first-order chi connectivity index (χ1) is 15.1. The molecule has 0 radical (unpaired) electrons. The Morgan fingerprint density at radius 1 is 1.13 bits per heavy atom. The van der Waals surface area contributed by atoms with E-state index in [1.54, 1.807) is 31.6 Å². The van der Waals surface area contributed by atoms with E-state index in [0.717, 1.165) is 17.6 Å². The first kappa shape index (κ1) is 20.3. The number of nitrogens with zero attached hydrogens (tertiary/aromatic N) is 5. The van der Waals surface area contributed by atoms with E-state index in [1.807, 2.05) is 49.0 Å². The molecule has 158 valence electrons. The number of nitrogens with one attached hydrogen (secondary N) is 3. The van der Waals surface area contributed by atoms with Crippen molar-refractivity contribution in [2.24, 2.45) is 0 Å². The largest absolute Gasteiger partial charge is 0.373 e. The number of fused-ring (bicyclic) bond motifs is 1. The van der Waals surface area contributed by atoms with E-state index in [-0.39, 0.29) is 11.9 Å². The van der Waals surface area contributed by atoms with Gasteiger partial charge in [0.05, 0.1) is 24.0 Å². The number of carbonyl (C=O) groups is 1. The van der Waals surface area contributed by atoms with Crippen molar-refractivity contribution in [2.45, 2.75) is 26.4 Å². The number of hydrogen-bond donors (Lipinski definition) is 3. The first-order valence-electron chi connectivity index (χ1n) is 10.1. The summed E-state index contributed by atoms with van der Waals surface area (Å²) in [6, 6.07) is 11.1. The van der Waals surface area contributed by atoms with Crippen molar-refractivity contribution in [1.82, 2.24) is 24.7 Å². The van der Waals surface area contributed by atoms with Crippen LogP contribution in [0.2, 0.25) is 0 Å². The second-order valence-electron chi connectivity index (χ2n) is 7.08. The normalized spacial score (nSPS) is 11.8. The van der Waals surface area contributed by atoms with Crippen molar-refractivity contribution >= 4 is 34.4 Å². The molecule has 3 aromatic heterocycles. The summed E-state index contributed by atoms with van der Waals surface area (Å²) >= 11 is 0. The molecule has 1 atom stereocenters. The van der Waals surface area contributed by atoms with Crippen molar-refractivity contribution < 1.29 is 4.79 Å². The van der Waals surface area contributed by atoms with E-state index in [2.05, 4.69) is 36.0 Å². The van der Waals surface area contributed by atoms with Gasteiger partial charge in [-0.2, -0.15) is 5.10 Å². The van der Waals surface area contributed by atoms with E-state index >= 15 is 0 Å². The summed E-state index contributed by atoms with van der Waals surface area (Å²) in [7, 11) is 1.78. The molecule has 0 saturated carbocycles. The van der Waals surface area contributed by atoms with Gasteiger partial charge in [0, 0.05) is 25.5 Å². The first-order valence-corrected chi connectivity index (χ1v) is 10.1. The fourth-order valence-corrected chi connectivity index (χ4v) is 3.15. The van der Waals surface area contributed by atoms with Gasteiger partial charge in [-0.25, -0.2) is 15.0 Å². The Labute approximate surface area is 179 Å². The highest BCUT2D eigenvalue weighted by Gasteiger charge is 2.11. The zero-order valence-corrected chi connectivity index (χ0v) is 17.6. The minimum Gasteiger partial charge on any atom is -0.373 e. The molecule has 4 rings (SSSR count). The van der Waals surface area contributed by atoms with Crippen molar-refractivity contribution in [3.8, 4) is 0 Å². The van der Waals surface area contributed by atoms with E-state index < -0.39 is 0 Å². The number of amides is 1. The lowest BCUT2D eigenvalue weighted by molar-refractivity contribution is 0.102. The average Bonchev–Trinajstić information content (AvgIpc) is 3.22. The molecule has 0 unspecified atom stereocenters. The van der Waals surface area contributed by atoms with Crippen molar-refractivity contribution in [2.75, 3.05) is 23.0 Å². The third-order valence-electron chi connectivity index (χ3n) is 4.89. The summed E-state index contributed by atoms with van der Waals surface area (Å²) in [6.07, 6.45) is 5.13. The summed E-state index contributed by atoms with van der Waals surface area (Å²) in [4.78, 5) is 25.7. The van der Waals surface area contributed by atoms with Gasteiger partial charge in [0.25, 0.3) is 5.91 Å². The van der Waals surface area contributed by atoms with Crippen LogP contribution in [0.25, 0.3) is 11.2 Å². The maximum absolute atomic E-state index is 12.5. The highest BCUT2D eigenvalue weighted by molar-refractivity contribution is 6.04. The van der Waals surface area contributed by atoms with Crippen LogP contribution in [0.1, 0.15) is 35.8 Å². The molecule has 9 heteroatoms. The van der Waals surface area contributed by atoms with Crippen LogP contribution in [0.4, 0.5) is 17.3 Å². The minimum absolute atomic E-state index is 0.0477. The van der Waals surface area contributed by atoms with E-state index in [1.165, 1.54) is 0 Å². The third kappa shape index (κ3) is 4.61. The number of anilines is 3. The van der Waals surface area contributed by atoms with Gasteiger partial charge in [0.15, 0.2) is 0 Å². The monoisotopic (exact) mass is 416 g/mol. The zero-order chi connectivity index (χ0) is 21.8. The predicted octanol–water partition coefficient (Wildman–Crippen LogP) is 3.71. The molecule has 0 bridgehead atoms. The van der Waals surface area contributed by atoms with Crippen LogP contribution >= 0.6 is 0 Å². The average molecular weight is 416 g/mol. The topological polar surface area (TPSA) is 110 Å². The zero-order valence-electron chi connectivity index (χ0n) is 17.6. The number of pyridine rings is 1. The van der Waals surface area contributed by atoms with Gasteiger partial charge in [-0.3, -0.25) is 9.48 Å². The molecule has 0 aliphatic heterocycles. The molecule has 0 aliphatic rings. The van der Waals surface area contributed by atoms with Crippen LogP contribution in [0.15, 0.2) is 55.0 Å². The Hall–Kier alpha value is -4.01. The van der Waals surface area contributed by atoms with Crippen molar-refractivity contribution in [3.05, 3.63) is 66.1 Å². The van der Waals surface area contributed by atoms with E-state index in [9.17, 15) is 4.79 Å². The molecule has 4 aromatic rings. The van der Waals surface area contributed by atoms with Crippen LogP contribution in [0.5, 0.6) is 0 Å². The van der Waals surface area contributed by atoms with Crippen LogP contribution in [0.3, 0.4) is 0 Å². The van der Waals surface area contributed by atoms with Gasteiger partial charge in [-0.1, -0.05) is 12.1 Å². The number of aryl methyl sites for hydroxylation is 1. The quantitative estimate of drug-likeness (QED) is 0.421. The molecular formula is C22H24N8O. The lowest BCUT2D eigenvalue weighted by Gasteiger charge is -2.16. The highest BCUT2D eigenvalue weighted by Crippen LogP contribution is 2.22. The summed E-state index contributed by atoms with van der Waals surface area (Å²) < 4.78 is 1.81. The summed E-state index contributed by atoms with van der Waals surface area (Å²) in [6.45, 7) is 4.82. The van der Waals surface area contributed by atoms with Gasteiger partial charge in [0.2, 0.25) is 5.65 Å². The number of carbonyl (C=O) groups excluding carboxylic acids is 1. The molecule has 3 heterocycles. The van der Waals surface area contributed by atoms with Crippen LogP contribution < -0.4 is 16.0 Å². The van der Waals surface area contributed by atoms with Gasteiger partial charge < -0.3 is 16.0 Å². The second-order valence-corrected chi connectivity index (χ2v) is 7.08. The lowest BCUT2D eigenvalue weighted by Crippen LogP contribution is -2.13. The van der Waals surface area contributed by atoms with Crippen LogP contribution in [-0.4, -0.2) is 37.7 Å². The molecule has 0 spiro atoms. The standard InChI is InChI=1S/C22H24N8O/c1-4-30-13-18-21(29-30)28-20(12-24-18)26-14(2)15-6-5-7-17(10-15)27-22(31)16-8-9-19(23-3)25-11-16/h5-14H,4H2,1-3H3,(H,23,25)(H,27,31)(H,26,28,29)/t14-/m0/s1. The Bertz CT molecular complexity index is 1200. The maximum Gasteiger partial charge on any atom is 0.257 e. The third-order valence-corrected chi connectivity index (χ3v) is 4.89. The van der Waals surface area contributed by atoms with Crippen LogP contribution in [0, 0.1) is 0 Å². The number of rotatable bonds is 7. The van der Waals surface area contributed by atoms with Gasteiger partial charge >= 0.3 is 0 Å². The molecule has 3 N–H and O–H groups in total. The Balaban J connectivity index is 1.46. The van der Waals surface area contributed by atoms with E-state index in [0.29, 0.717) is 28.5 Å². The number of hydrogen-bond acceptors (Lipinski definition) is 7. The lowest BCUT2D eigenvalue weighted by atomic mass is 10.1. The molecule has 0 aliphatic carbocycles. The molecule has 1 amide bonds. The van der Waals surface area contributed by atoms with Crippen molar-refractivity contribution in [3.63, 3.8) is 0 Å². The number of benzene rings is 1. The summed E-state index contributed by atoms with van der Waals surface area (Å²) in [5.74, 6) is 1.14. The fraction of sp³-hybridized carbons (Fsp3) is 0.227. The molecule has 9 nitrogen and oxygen atoms in total. The van der Waals surface area contributed by atoms with Gasteiger partial charge in [0.1, 0.15) is 17.2 Å². The smallest absolute Gasteiger partial charge is 0.257 e. The maximum atomic E-state index is 12.5. The molecule has 0 fully saturated rings. The van der Waals surface area contributed by atoms with E-state index in [4.69, 9.17) is 0 Å². The Kier molecular flexibility index (Phi) is 5.74.